The topological polar surface area (TPSA) is 53.4 Å². The Hall–Kier alpha value is -1.72. The predicted molar refractivity (Wildman–Crippen MR) is 76.5 cm³/mol. The molecule has 0 saturated carbocycles. The third-order valence-electron chi connectivity index (χ3n) is 3.20. The molecule has 1 aromatic heterocycles. The number of Topliss-reactive ketones (excluding diaryl/α,β-unsaturated/α-hetero) is 1. The molecule has 1 aromatic carbocycles. The van der Waals surface area contributed by atoms with Crippen LogP contribution in [0.15, 0.2) is 24.3 Å². The van der Waals surface area contributed by atoms with Gasteiger partial charge in [0.15, 0.2) is 5.78 Å². The molecule has 0 amide bonds. The number of hydrogen-bond acceptors (Lipinski definition) is 4. The summed E-state index contributed by atoms with van der Waals surface area (Å²) in [6.07, 6.45) is 0.366. The number of para-hydroxylation sites is 2. The third-order valence-corrected chi connectivity index (χ3v) is 3.20. The molecule has 0 radical (unpaired) electrons. The summed E-state index contributed by atoms with van der Waals surface area (Å²) in [5.74, 6) is 0.639. The molecule has 0 aliphatic carbocycles. The number of ether oxygens (including phenoxy) is 2. The van der Waals surface area contributed by atoms with Gasteiger partial charge in [0.1, 0.15) is 5.82 Å². The standard InChI is InChI=1S/C15H20N2O3/c1-4-9-17-12-8-6-5-7-11(12)16-14(17)10-13(18)15(19-2)20-3/h5-8,15H,4,9-10H2,1-3H3. The maximum absolute atomic E-state index is 12.1. The zero-order valence-corrected chi connectivity index (χ0v) is 12.1. The van der Waals surface area contributed by atoms with Gasteiger partial charge < -0.3 is 14.0 Å². The Balaban J connectivity index is 2.33. The fourth-order valence-corrected chi connectivity index (χ4v) is 2.33. The summed E-state index contributed by atoms with van der Waals surface area (Å²) in [5.41, 5.74) is 1.97. The molecule has 2 aromatic rings. The number of nitrogens with zero attached hydrogens (tertiary/aromatic N) is 2. The highest BCUT2D eigenvalue weighted by molar-refractivity contribution is 5.85. The Labute approximate surface area is 118 Å². The molecule has 108 valence electrons. The van der Waals surface area contributed by atoms with Crippen molar-refractivity contribution in [3.05, 3.63) is 30.1 Å². The molecule has 0 unspecified atom stereocenters. The van der Waals surface area contributed by atoms with Crippen molar-refractivity contribution in [1.82, 2.24) is 9.55 Å². The highest BCUT2D eigenvalue weighted by Gasteiger charge is 2.20. The van der Waals surface area contributed by atoms with Gasteiger partial charge in [-0.25, -0.2) is 4.98 Å². The average molecular weight is 276 g/mol. The monoisotopic (exact) mass is 276 g/mol. The van der Waals surface area contributed by atoms with Crippen LogP contribution in [0.2, 0.25) is 0 Å². The van der Waals surface area contributed by atoms with Crippen LogP contribution in [0.3, 0.4) is 0 Å². The largest absolute Gasteiger partial charge is 0.349 e. The summed E-state index contributed by atoms with van der Waals surface area (Å²) in [6.45, 7) is 2.95. The van der Waals surface area contributed by atoms with Gasteiger partial charge in [0.25, 0.3) is 0 Å². The minimum Gasteiger partial charge on any atom is -0.349 e. The summed E-state index contributed by atoms with van der Waals surface area (Å²) in [4.78, 5) is 16.7. The Morgan fingerprint density at radius 3 is 2.65 bits per heavy atom. The van der Waals surface area contributed by atoms with Gasteiger partial charge >= 0.3 is 0 Å². The van der Waals surface area contributed by atoms with E-state index in [1.807, 2.05) is 24.3 Å². The van der Waals surface area contributed by atoms with Crippen LogP contribution in [0.25, 0.3) is 11.0 Å². The molecule has 0 fully saturated rings. The van der Waals surface area contributed by atoms with Gasteiger partial charge in [-0.1, -0.05) is 19.1 Å². The minimum absolute atomic E-state index is 0.123. The summed E-state index contributed by atoms with van der Waals surface area (Å²) in [5, 5.41) is 0. The number of benzene rings is 1. The quantitative estimate of drug-likeness (QED) is 0.727. The fraction of sp³-hybridized carbons (Fsp3) is 0.467. The summed E-state index contributed by atoms with van der Waals surface area (Å²) in [7, 11) is 2.92. The Kier molecular flexibility index (Phi) is 4.87. The van der Waals surface area contributed by atoms with E-state index in [4.69, 9.17) is 9.47 Å². The lowest BCUT2D eigenvalue weighted by Gasteiger charge is -2.12. The SMILES string of the molecule is CCCn1c(CC(=O)C(OC)OC)nc2ccccc21. The fourth-order valence-electron chi connectivity index (χ4n) is 2.33. The molecule has 0 saturated heterocycles. The summed E-state index contributed by atoms with van der Waals surface area (Å²) in [6, 6.07) is 7.91. The Morgan fingerprint density at radius 1 is 1.30 bits per heavy atom. The van der Waals surface area contributed by atoms with Crippen LogP contribution in [0, 0.1) is 0 Å². The van der Waals surface area contributed by atoms with E-state index in [-0.39, 0.29) is 12.2 Å². The molecule has 0 aliphatic heterocycles. The number of carbonyl (C=O) groups excluding carboxylic acids is 1. The second-order valence-electron chi connectivity index (χ2n) is 4.61. The number of aryl methyl sites for hydroxylation is 1. The van der Waals surface area contributed by atoms with Crippen molar-refractivity contribution in [2.24, 2.45) is 0 Å². The van der Waals surface area contributed by atoms with E-state index in [1.54, 1.807) is 0 Å². The highest BCUT2D eigenvalue weighted by Crippen LogP contribution is 2.17. The van der Waals surface area contributed by atoms with E-state index in [9.17, 15) is 4.79 Å². The maximum atomic E-state index is 12.1. The van der Waals surface area contributed by atoms with E-state index in [1.165, 1.54) is 14.2 Å². The molecule has 5 nitrogen and oxygen atoms in total. The maximum Gasteiger partial charge on any atom is 0.217 e. The van der Waals surface area contributed by atoms with Crippen LogP contribution in [-0.4, -0.2) is 35.8 Å². The number of imidazole rings is 1. The van der Waals surface area contributed by atoms with Gasteiger partial charge in [-0.05, 0) is 18.6 Å². The van der Waals surface area contributed by atoms with Gasteiger partial charge in [0.05, 0.1) is 17.5 Å². The zero-order valence-electron chi connectivity index (χ0n) is 12.1. The molecular formula is C15H20N2O3. The van der Waals surface area contributed by atoms with E-state index < -0.39 is 6.29 Å². The van der Waals surface area contributed by atoms with Gasteiger partial charge in [0, 0.05) is 20.8 Å². The molecule has 20 heavy (non-hydrogen) atoms. The van der Waals surface area contributed by atoms with Crippen LogP contribution >= 0.6 is 0 Å². The van der Waals surface area contributed by atoms with E-state index in [0.29, 0.717) is 0 Å². The first-order valence-corrected chi connectivity index (χ1v) is 6.73. The molecule has 0 bridgehead atoms. The zero-order chi connectivity index (χ0) is 14.5. The van der Waals surface area contributed by atoms with Gasteiger partial charge in [-0.15, -0.1) is 0 Å². The smallest absolute Gasteiger partial charge is 0.217 e. The lowest BCUT2D eigenvalue weighted by atomic mass is 10.2. The summed E-state index contributed by atoms with van der Waals surface area (Å²) < 4.78 is 12.1. The van der Waals surface area contributed by atoms with Crippen molar-refractivity contribution in [3.8, 4) is 0 Å². The van der Waals surface area contributed by atoms with Crippen molar-refractivity contribution in [2.75, 3.05) is 14.2 Å². The highest BCUT2D eigenvalue weighted by atomic mass is 16.7. The normalized spacial score (nSPS) is 11.4. The lowest BCUT2D eigenvalue weighted by Crippen LogP contribution is -2.27. The van der Waals surface area contributed by atoms with Crippen molar-refractivity contribution in [1.29, 1.82) is 0 Å². The first-order valence-electron chi connectivity index (χ1n) is 6.73. The number of carbonyl (C=O) groups is 1. The number of rotatable bonds is 7. The van der Waals surface area contributed by atoms with Crippen LogP contribution in [0.4, 0.5) is 0 Å². The number of aromatic nitrogens is 2. The first-order chi connectivity index (χ1) is 9.71. The Bertz CT molecular complexity index is 588. The molecule has 0 atom stereocenters. The van der Waals surface area contributed by atoms with Gasteiger partial charge in [0.2, 0.25) is 6.29 Å². The van der Waals surface area contributed by atoms with E-state index in [0.717, 1.165) is 29.8 Å². The number of hydrogen-bond donors (Lipinski definition) is 0. The molecular weight excluding hydrogens is 256 g/mol. The lowest BCUT2D eigenvalue weighted by molar-refractivity contribution is -0.156. The first kappa shape index (κ1) is 14.7. The predicted octanol–water partition coefficient (Wildman–Crippen LogP) is 2.18. The van der Waals surface area contributed by atoms with Crippen LogP contribution < -0.4 is 0 Å². The van der Waals surface area contributed by atoms with Crippen molar-refractivity contribution < 1.29 is 14.3 Å². The number of methoxy groups -OCH3 is 2. The van der Waals surface area contributed by atoms with Crippen molar-refractivity contribution in [3.63, 3.8) is 0 Å². The van der Waals surface area contributed by atoms with Crippen LogP contribution in [0.1, 0.15) is 19.2 Å². The van der Waals surface area contributed by atoms with Crippen molar-refractivity contribution in [2.45, 2.75) is 32.6 Å². The van der Waals surface area contributed by atoms with Gasteiger partial charge in [-0.2, -0.15) is 0 Å². The molecule has 2 rings (SSSR count). The molecule has 1 heterocycles. The van der Waals surface area contributed by atoms with Crippen LogP contribution in [-0.2, 0) is 27.2 Å². The third kappa shape index (κ3) is 2.89. The molecule has 0 spiro atoms. The minimum atomic E-state index is -0.829. The van der Waals surface area contributed by atoms with Crippen LogP contribution in [0.5, 0.6) is 0 Å². The van der Waals surface area contributed by atoms with Gasteiger partial charge in [-0.3, -0.25) is 4.79 Å². The number of fused-ring (bicyclic) bond motifs is 1. The molecule has 0 N–H and O–H groups in total. The average Bonchev–Trinajstić information content (AvgIpc) is 2.79. The Morgan fingerprint density at radius 2 is 2.00 bits per heavy atom. The van der Waals surface area contributed by atoms with Crippen molar-refractivity contribution >= 4 is 16.8 Å². The van der Waals surface area contributed by atoms with E-state index >= 15 is 0 Å². The summed E-state index contributed by atoms with van der Waals surface area (Å²) >= 11 is 0. The second-order valence-corrected chi connectivity index (χ2v) is 4.61. The number of ketones is 1. The van der Waals surface area contributed by atoms with E-state index in [2.05, 4.69) is 16.5 Å². The second kappa shape index (κ2) is 6.63. The molecule has 0 aliphatic rings. The molecule has 5 heteroatoms.